The minimum Gasteiger partial charge on any atom is -0.127 e. The van der Waals surface area contributed by atoms with Crippen molar-refractivity contribution in [3.63, 3.8) is 0 Å². The van der Waals surface area contributed by atoms with E-state index in [4.69, 9.17) is 11.6 Å². The van der Waals surface area contributed by atoms with Crippen molar-refractivity contribution < 1.29 is 0 Å². The largest absolute Gasteiger partial charge is 0.129 e. The zero-order chi connectivity index (χ0) is 12.0. The lowest BCUT2D eigenvalue weighted by atomic mass is 10.2. The summed E-state index contributed by atoms with van der Waals surface area (Å²) < 4.78 is 0. The highest BCUT2D eigenvalue weighted by atomic mass is 35.5. The van der Waals surface area contributed by atoms with Crippen molar-refractivity contribution in [2.24, 2.45) is 0 Å². The van der Waals surface area contributed by atoms with Crippen molar-refractivity contribution in [3.8, 4) is 11.5 Å². The van der Waals surface area contributed by atoms with Crippen LogP contribution in [0.5, 0.6) is 0 Å². The smallest absolute Gasteiger partial charge is 0.127 e. The van der Waals surface area contributed by atoms with E-state index in [0.29, 0.717) is 5.03 Å². The highest BCUT2D eigenvalue weighted by molar-refractivity contribution is 6.83. The monoisotopic (exact) mass is 246 g/mol. The normalized spacial score (nSPS) is 9.75. The molecule has 0 atom stereocenters. The van der Waals surface area contributed by atoms with E-state index in [2.05, 4.69) is 36.8 Å². The van der Waals surface area contributed by atoms with Gasteiger partial charge in [-0.25, -0.2) is 0 Å². The highest BCUT2D eigenvalue weighted by Gasteiger charge is 2.06. The Morgan fingerprint density at radius 3 is 2.38 bits per heavy atom. The molecular weight excluding hydrogens is 232 g/mol. The minimum atomic E-state index is -1.29. The highest BCUT2D eigenvalue weighted by Crippen LogP contribution is 2.15. The Hall–Kier alpha value is -1.19. The van der Waals surface area contributed by atoms with Crippen LogP contribution in [-0.4, -0.2) is 8.07 Å². The SMILES string of the molecule is C[Si](C)(C)C#CC=C=C(Cl)c1ccccc1. The van der Waals surface area contributed by atoms with Crippen LogP contribution in [0.4, 0.5) is 0 Å². The Bertz CT molecular complexity index is 463. The van der Waals surface area contributed by atoms with E-state index in [1.165, 1.54) is 0 Å². The summed E-state index contributed by atoms with van der Waals surface area (Å²) in [5.74, 6) is 3.00. The Labute approximate surface area is 104 Å². The summed E-state index contributed by atoms with van der Waals surface area (Å²) in [5, 5.41) is 0.602. The quantitative estimate of drug-likeness (QED) is 0.394. The summed E-state index contributed by atoms with van der Waals surface area (Å²) in [7, 11) is -1.29. The third-order valence-electron chi connectivity index (χ3n) is 1.75. The van der Waals surface area contributed by atoms with Gasteiger partial charge in [-0.05, 0) is 0 Å². The first-order valence-corrected chi connectivity index (χ1v) is 9.05. The summed E-state index contributed by atoms with van der Waals surface area (Å²) in [4.78, 5) is 0. The predicted molar refractivity (Wildman–Crippen MR) is 74.9 cm³/mol. The van der Waals surface area contributed by atoms with Crippen molar-refractivity contribution in [2.45, 2.75) is 19.6 Å². The van der Waals surface area contributed by atoms with Crippen LogP contribution in [0.25, 0.3) is 5.03 Å². The molecule has 0 aliphatic carbocycles. The van der Waals surface area contributed by atoms with Gasteiger partial charge in [-0.3, -0.25) is 0 Å². The topological polar surface area (TPSA) is 0 Å². The van der Waals surface area contributed by atoms with Gasteiger partial charge in [0, 0.05) is 11.6 Å². The van der Waals surface area contributed by atoms with Crippen LogP contribution in [0.15, 0.2) is 42.1 Å². The molecule has 0 bridgehead atoms. The summed E-state index contributed by atoms with van der Waals surface area (Å²) in [6.07, 6.45) is 1.70. The van der Waals surface area contributed by atoms with E-state index in [1.807, 2.05) is 30.3 Å². The molecule has 0 aliphatic heterocycles. The van der Waals surface area contributed by atoms with Crippen LogP contribution in [-0.2, 0) is 0 Å². The molecule has 0 nitrogen and oxygen atoms in total. The Kier molecular flexibility index (Phi) is 4.64. The fourth-order valence-electron chi connectivity index (χ4n) is 1.02. The first-order chi connectivity index (χ1) is 7.49. The molecule has 2 heteroatoms. The Morgan fingerprint density at radius 2 is 1.81 bits per heavy atom. The van der Waals surface area contributed by atoms with Gasteiger partial charge in [0.1, 0.15) is 8.07 Å². The standard InChI is InChI=1S/C14H15ClSi/c1-16(2,3)12-8-7-11-14(15)13-9-5-4-6-10-13/h4-7,9-10H,1-3H3. The average molecular weight is 247 g/mol. The lowest BCUT2D eigenvalue weighted by Gasteiger charge is -2.01. The molecule has 0 spiro atoms. The predicted octanol–water partition coefficient (Wildman–Crippen LogP) is 4.30. The number of halogens is 1. The maximum Gasteiger partial charge on any atom is 0.129 e. The molecule has 0 N–H and O–H groups in total. The molecule has 0 aliphatic rings. The zero-order valence-electron chi connectivity index (χ0n) is 9.84. The Balaban J connectivity index is 2.85. The first-order valence-electron chi connectivity index (χ1n) is 5.18. The van der Waals surface area contributed by atoms with E-state index in [9.17, 15) is 0 Å². The molecule has 0 aromatic heterocycles. The van der Waals surface area contributed by atoms with E-state index in [1.54, 1.807) is 6.08 Å². The van der Waals surface area contributed by atoms with E-state index < -0.39 is 8.07 Å². The second kappa shape index (κ2) is 5.77. The molecule has 0 unspecified atom stereocenters. The summed E-state index contributed by atoms with van der Waals surface area (Å²) in [6, 6.07) is 9.77. The minimum absolute atomic E-state index is 0.602. The van der Waals surface area contributed by atoms with Crippen molar-refractivity contribution in [1.82, 2.24) is 0 Å². The second-order valence-corrected chi connectivity index (χ2v) is 9.62. The maximum atomic E-state index is 6.07. The molecule has 16 heavy (non-hydrogen) atoms. The van der Waals surface area contributed by atoms with Crippen LogP contribution < -0.4 is 0 Å². The third-order valence-corrected chi connectivity index (χ3v) is 2.97. The molecule has 0 radical (unpaired) electrons. The molecule has 1 rings (SSSR count). The number of rotatable bonds is 1. The van der Waals surface area contributed by atoms with Crippen molar-refractivity contribution >= 4 is 24.7 Å². The number of hydrogen-bond acceptors (Lipinski definition) is 0. The van der Waals surface area contributed by atoms with Crippen molar-refractivity contribution in [2.75, 3.05) is 0 Å². The van der Waals surface area contributed by atoms with Crippen LogP contribution in [0.2, 0.25) is 19.6 Å². The van der Waals surface area contributed by atoms with E-state index in [0.717, 1.165) is 5.56 Å². The molecule has 82 valence electrons. The van der Waals surface area contributed by atoms with Gasteiger partial charge in [0.25, 0.3) is 0 Å². The molecule has 1 aromatic carbocycles. The maximum absolute atomic E-state index is 6.07. The summed E-state index contributed by atoms with van der Waals surface area (Å²) in [6.45, 7) is 6.61. The molecule has 0 amide bonds. The summed E-state index contributed by atoms with van der Waals surface area (Å²) >= 11 is 6.07. The number of benzene rings is 1. The Morgan fingerprint density at radius 1 is 1.19 bits per heavy atom. The number of hydrogen-bond donors (Lipinski definition) is 0. The zero-order valence-corrected chi connectivity index (χ0v) is 11.6. The summed E-state index contributed by atoms with van der Waals surface area (Å²) in [5.41, 5.74) is 7.17. The van der Waals surface area contributed by atoms with Crippen LogP contribution in [0.1, 0.15) is 5.56 Å². The van der Waals surface area contributed by atoms with E-state index in [-0.39, 0.29) is 0 Å². The molecular formula is C14H15ClSi. The van der Waals surface area contributed by atoms with Gasteiger partial charge in [-0.1, -0.05) is 73.2 Å². The van der Waals surface area contributed by atoms with Gasteiger partial charge >= 0.3 is 0 Å². The fourth-order valence-corrected chi connectivity index (χ4v) is 1.71. The molecule has 0 saturated heterocycles. The molecule has 0 heterocycles. The van der Waals surface area contributed by atoms with Crippen molar-refractivity contribution in [1.29, 1.82) is 0 Å². The van der Waals surface area contributed by atoms with Gasteiger partial charge in [-0.2, -0.15) is 0 Å². The molecule has 0 saturated carbocycles. The van der Waals surface area contributed by atoms with Crippen LogP contribution in [0, 0.1) is 11.5 Å². The van der Waals surface area contributed by atoms with Gasteiger partial charge < -0.3 is 0 Å². The van der Waals surface area contributed by atoms with Gasteiger partial charge in [0.2, 0.25) is 0 Å². The van der Waals surface area contributed by atoms with Gasteiger partial charge in [0.15, 0.2) is 0 Å². The van der Waals surface area contributed by atoms with E-state index >= 15 is 0 Å². The van der Waals surface area contributed by atoms with Crippen LogP contribution in [0.3, 0.4) is 0 Å². The second-order valence-electron chi connectivity index (χ2n) is 4.49. The van der Waals surface area contributed by atoms with Crippen molar-refractivity contribution in [3.05, 3.63) is 47.7 Å². The lowest BCUT2D eigenvalue weighted by Crippen LogP contribution is -2.16. The first kappa shape index (κ1) is 12.9. The number of allylic oxidation sites excluding steroid dienone is 1. The molecule has 1 aromatic rings. The van der Waals surface area contributed by atoms with Crippen LogP contribution >= 0.6 is 11.6 Å². The lowest BCUT2D eigenvalue weighted by molar-refractivity contribution is 1.65. The third kappa shape index (κ3) is 5.05. The average Bonchev–Trinajstić information content (AvgIpc) is 2.24. The van der Waals surface area contributed by atoms with Gasteiger partial charge in [-0.15, -0.1) is 5.54 Å². The van der Waals surface area contributed by atoms with Gasteiger partial charge in [0.05, 0.1) is 5.03 Å². The fraction of sp³-hybridized carbons (Fsp3) is 0.214. The molecule has 0 fully saturated rings.